The summed E-state index contributed by atoms with van der Waals surface area (Å²) in [7, 11) is -1.93. The van der Waals surface area contributed by atoms with Gasteiger partial charge < -0.3 is 9.15 Å². The molecule has 1 aromatic heterocycles. The first kappa shape index (κ1) is 17.5. The molecule has 0 amide bonds. The highest BCUT2D eigenvalue weighted by Crippen LogP contribution is 2.40. The van der Waals surface area contributed by atoms with Gasteiger partial charge in [0.25, 0.3) is 0 Å². The molecule has 7 nitrogen and oxygen atoms in total. The number of methoxy groups -OCH3 is 1. The van der Waals surface area contributed by atoms with E-state index in [-0.39, 0.29) is 5.92 Å². The van der Waals surface area contributed by atoms with Crippen molar-refractivity contribution < 1.29 is 17.6 Å². The van der Waals surface area contributed by atoms with Gasteiger partial charge in [0.05, 0.1) is 12.0 Å². The molecule has 2 fully saturated rings. The molecule has 140 valence electrons. The molecule has 0 spiro atoms. The molecular formula is C18H23N3O4S. The van der Waals surface area contributed by atoms with Crippen molar-refractivity contribution in [2.45, 2.75) is 49.3 Å². The van der Waals surface area contributed by atoms with Crippen molar-refractivity contribution in [3.63, 3.8) is 0 Å². The maximum Gasteiger partial charge on any atom is 0.243 e. The van der Waals surface area contributed by atoms with Gasteiger partial charge in [0.15, 0.2) is 0 Å². The topological polar surface area (TPSA) is 85.5 Å². The van der Waals surface area contributed by atoms with Crippen LogP contribution in [-0.2, 0) is 10.0 Å². The van der Waals surface area contributed by atoms with E-state index in [1.165, 1.54) is 0 Å². The smallest absolute Gasteiger partial charge is 0.243 e. The molecule has 2 heterocycles. The lowest BCUT2D eigenvalue weighted by molar-refractivity contribution is 0.286. The minimum absolute atomic E-state index is 0.138. The Morgan fingerprint density at radius 1 is 1.08 bits per heavy atom. The Labute approximate surface area is 153 Å². The quantitative estimate of drug-likeness (QED) is 0.796. The molecule has 26 heavy (non-hydrogen) atoms. The van der Waals surface area contributed by atoms with Crippen LogP contribution >= 0.6 is 0 Å². The number of rotatable bonds is 5. The molecule has 0 unspecified atom stereocenters. The van der Waals surface area contributed by atoms with Gasteiger partial charge in [-0.2, -0.15) is 4.31 Å². The molecule has 1 saturated heterocycles. The molecule has 0 bridgehead atoms. The first-order chi connectivity index (χ1) is 12.5. The number of nitrogens with zero attached hydrogens (tertiary/aromatic N) is 3. The molecule has 2 aliphatic rings. The lowest BCUT2D eigenvalue weighted by Gasteiger charge is -2.29. The van der Waals surface area contributed by atoms with Crippen molar-refractivity contribution in [1.82, 2.24) is 14.5 Å². The predicted octanol–water partition coefficient (Wildman–Crippen LogP) is 2.83. The van der Waals surface area contributed by atoms with Gasteiger partial charge in [0.2, 0.25) is 21.8 Å². The molecular weight excluding hydrogens is 354 g/mol. The van der Waals surface area contributed by atoms with Crippen LogP contribution in [0, 0.1) is 6.92 Å². The summed E-state index contributed by atoms with van der Waals surface area (Å²) in [5.74, 6) is 2.66. The monoisotopic (exact) mass is 377 g/mol. The molecule has 1 aliphatic carbocycles. The zero-order valence-electron chi connectivity index (χ0n) is 15.0. The number of aryl methyl sites for hydroxylation is 1. The van der Waals surface area contributed by atoms with Gasteiger partial charge in [-0.05, 0) is 56.4 Å². The number of piperidine rings is 1. The van der Waals surface area contributed by atoms with Crippen LogP contribution in [0.3, 0.4) is 0 Å². The van der Waals surface area contributed by atoms with Crippen molar-refractivity contribution >= 4 is 10.0 Å². The van der Waals surface area contributed by atoms with Crippen molar-refractivity contribution in [1.29, 1.82) is 0 Å². The van der Waals surface area contributed by atoms with Crippen LogP contribution in [0.25, 0.3) is 0 Å². The number of ether oxygens (including phenoxy) is 1. The third-order valence-electron chi connectivity index (χ3n) is 5.19. The van der Waals surface area contributed by atoms with Gasteiger partial charge in [-0.1, -0.05) is 0 Å². The highest BCUT2D eigenvalue weighted by Gasteiger charge is 2.34. The second-order valence-electron chi connectivity index (χ2n) is 7.06. The lowest BCUT2D eigenvalue weighted by Crippen LogP contribution is -2.38. The van der Waals surface area contributed by atoms with E-state index in [1.54, 1.807) is 29.6 Å². The Bertz CT molecular complexity index is 897. The second-order valence-corrected chi connectivity index (χ2v) is 9.00. The van der Waals surface area contributed by atoms with Gasteiger partial charge in [-0.25, -0.2) is 8.42 Å². The third-order valence-corrected chi connectivity index (χ3v) is 7.08. The van der Waals surface area contributed by atoms with Gasteiger partial charge >= 0.3 is 0 Å². The number of sulfonamides is 1. The van der Waals surface area contributed by atoms with Crippen LogP contribution in [-0.4, -0.2) is 43.1 Å². The molecule has 4 rings (SSSR count). The fourth-order valence-corrected chi connectivity index (χ4v) is 4.97. The zero-order chi connectivity index (χ0) is 18.3. The Kier molecular flexibility index (Phi) is 4.48. The minimum atomic E-state index is -3.50. The van der Waals surface area contributed by atoms with Crippen LogP contribution in [0.4, 0.5) is 0 Å². The summed E-state index contributed by atoms with van der Waals surface area (Å²) >= 11 is 0. The van der Waals surface area contributed by atoms with E-state index < -0.39 is 10.0 Å². The summed E-state index contributed by atoms with van der Waals surface area (Å²) in [5.41, 5.74) is 0.807. The van der Waals surface area contributed by atoms with E-state index in [2.05, 4.69) is 10.2 Å². The molecule has 0 N–H and O–H groups in total. The predicted molar refractivity (Wildman–Crippen MR) is 94.7 cm³/mol. The number of hydrogen-bond donors (Lipinski definition) is 0. The normalized spacial score (nSPS) is 19.6. The Hall–Kier alpha value is -1.93. The maximum atomic E-state index is 12.9. The molecule has 8 heteroatoms. The van der Waals surface area contributed by atoms with Crippen LogP contribution < -0.4 is 4.74 Å². The summed E-state index contributed by atoms with van der Waals surface area (Å²) in [6.45, 7) is 2.76. The van der Waals surface area contributed by atoms with Gasteiger partial charge in [0.1, 0.15) is 5.75 Å². The highest BCUT2D eigenvalue weighted by atomic mass is 32.2. The van der Waals surface area contributed by atoms with E-state index in [1.807, 2.05) is 6.92 Å². The van der Waals surface area contributed by atoms with Crippen LogP contribution in [0.15, 0.2) is 27.5 Å². The molecule has 1 aliphatic heterocycles. The second kappa shape index (κ2) is 6.66. The van der Waals surface area contributed by atoms with E-state index >= 15 is 0 Å². The van der Waals surface area contributed by atoms with Crippen LogP contribution in [0.1, 0.15) is 54.9 Å². The third kappa shape index (κ3) is 3.23. The highest BCUT2D eigenvalue weighted by molar-refractivity contribution is 7.89. The fraction of sp³-hybridized carbons (Fsp3) is 0.556. The fourth-order valence-electron chi connectivity index (χ4n) is 3.41. The van der Waals surface area contributed by atoms with Crippen LogP contribution in [0.5, 0.6) is 5.75 Å². The SMILES string of the molecule is COc1ccc(S(=O)(=O)N2CCC(c3nnc(C4CC4)o3)CC2)cc1C. The Balaban J connectivity index is 1.45. The standard InChI is InChI=1S/C18H23N3O4S/c1-12-11-15(5-6-16(12)24-2)26(22,23)21-9-7-14(8-10-21)18-20-19-17(25-18)13-3-4-13/h5-6,11,13-14H,3-4,7-10H2,1-2H3. The summed E-state index contributed by atoms with van der Waals surface area (Å²) in [4.78, 5) is 0.308. The summed E-state index contributed by atoms with van der Waals surface area (Å²) in [6.07, 6.45) is 3.64. The van der Waals surface area contributed by atoms with E-state index in [4.69, 9.17) is 9.15 Å². The van der Waals surface area contributed by atoms with E-state index in [0.717, 1.165) is 24.3 Å². The average molecular weight is 377 g/mol. The van der Waals surface area contributed by atoms with Gasteiger partial charge in [-0.3, -0.25) is 0 Å². The lowest BCUT2D eigenvalue weighted by atomic mass is 9.98. The molecule has 1 aromatic carbocycles. The van der Waals surface area contributed by atoms with Gasteiger partial charge in [0, 0.05) is 24.9 Å². The van der Waals surface area contributed by atoms with Crippen molar-refractivity contribution in [2.24, 2.45) is 0 Å². The summed E-state index contributed by atoms with van der Waals surface area (Å²) < 4.78 is 38.4. The first-order valence-electron chi connectivity index (χ1n) is 8.97. The number of benzene rings is 1. The molecule has 2 aromatic rings. The van der Waals surface area contributed by atoms with Gasteiger partial charge in [-0.15, -0.1) is 10.2 Å². The van der Waals surface area contributed by atoms with Crippen molar-refractivity contribution in [3.8, 4) is 5.75 Å². The maximum absolute atomic E-state index is 12.9. The minimum Gasteiger partial charge on any atom is -0.496 e. The zero-order valence-corrected chi connectivity index (χ0v) is 15.8. The van der Waals surface area contributed by atoms with E-state index in [0.29, 0.717) is 48.4 Å². The Morgan fingerprint density at radius 2 is 1.69 bits per heavy atom. The Morgan fingerprint density at radius 3 is 2.23 bits per heavy atom. The average Bonchev–Trinajstić information content (AvgIpc) is 3.38. The molecule has 1 saturated carbocycles. The van der Waals surface area contributed by atoms with Crippen LogP contribution in [0.2, 0.25) is 0 Å². The number of hydrogen-bond acceptors (Lipinski definition) is 6. The summed E-state index contributed by atoms with van der Waals surface area (Å²) in [5, 5.41) is 8.31. The van der Waals surface area contributed by atoms with E-state index in [9.17, 15) is 8.42 Å². The largest absolute Gasteiger partial charge is 0.496 e. The van der Waals surface area contributed by atoms with Crippen molar-refractivity contribution in [2.75, 3.05) is 20.2 Å². The summed E-state index contributed by atoms with van der Waals surface area (Å²) in [6, 6.07) is 4.97. The molecule has 0 radical (unpaired) electrons. The molecule has 0 atom stereocenters. The van der Waals surface area contributed by atoms with Crippen molar-refractivity contribution in [3.05, 3.63) is 35.5 Å². The number of aromatic nitrogens is 2. The first-order valence-corrected chi connectivity index (χ1v) is 10.4.